The van der Waals surface area contributed by atoms with Crippen LogP contribution in [0.2, 0.25) is 0 Å². The van der Waals surface area contributed by atoms with Gasteiger partial charge in [0.1, 0.15) is 6.10 Å². The van der Waals surface area contributed by atoms with Crippen molar-refractivity contribution in [3.63, 3.8) is 0 Å². The molecule has 0 spiro atoms. The van der Waals surface area contributed by atoms with Gasteiger partial charge in [-0.3, -0.25) is 4.79 Å². The van der Waals surface area contributed by atoms with E-state index < -0.39 is 6.09 Å². The van der Waals surface area contributed by atoms with Crippen molar-refractivity contribution >= 4 is 12.0 Å². The molecule has 1 atom stereocenters. The zero-order chi connectivity index (χ0) is 20.4. The lowest BCUT2D eigenvalue weighted by Gasteiger charge is -2.29. The van der Waals surface area contributed by atoms with Crippen LogP contribution >= 0.6 is 0 Å². The molecule has 0 aromatic rings. The molecule has 2 amide bonds. The quantitative estimate of drug-likeness (QED) is 0.357. The Morgan fingerprint density at radius 2 is 1.88 bits per heavy atom. The molecule has 9 heteroatoms. The Kier molecular flexibility index (Phi) is 17.5. The molecule has 0 fully saturated rings. The Balaban J connectivity index is 0. The average Bonchev–Trinajstić information content (AvgIpc) is 2.61. The lowest BCUT2D eigenvalue weighted by Crippen LogP contribution is -2.42. The van der Waals surface area contributed by atoms with Crippen molar-refractivity contribution in [3.8, 4) is 0 Å². The summed E-state index contributed by atoms with van der Waals surface area (Å²) in [4.78, 5) is 23.0. The maximum Gasteiger partial charge on any atom is 0.407 e. The summed E-state index contributed by atoms with van der Waals surface area (Å²) in [6.07, 6.45) is -0.212. The van der Waals surface area contributed by atoms with E-state index in [1.165, 1.54) is 0 Å². The molecule has 0 heterocycles. The normalized spacial score (nSPS) is 11.8. The van der Waals surface area contributed by atoms with E-state index in [-0.39, 0.29) is 30.6 Å². The Labute approximate surface area is 156 Å². The highest BCUT2D eigenvalue weighted by Crippen LogP contribution is 2.21. The number of nitrogens with two attached hydrogens (primary N) is 1. The zero-order valence-electron chi connectivity index (χ0n) is 16.8. The number of hydrogen-bond donors (Lipinski definition) is 4. The number of methoxy groups -OCH3 is 1. The molecule has 0 radical (unpaired) electrons. The van der Waals surface area contributed by atoms with E-state index in [0.717, 1.165) is 6.42 Å². The van der Waals surface area contributed by atoms with Gasteiger partial charge in [0.2, 0.25) is 5.91 Å². The first-order chi connectivity index (χ1) is 12.2. The van der Waals surface area contributed by atoms with E-state index in [2.05, 4.69) is 15.4 Å². The van der Waals surface area contributed by atoms with Gasteiger partial charge in [-0.25, -0.2) is 4.79 Å². The van der Waals surface area contributed by atoms with E-state index in [0.29, 0.717) is 32.9 Å². The van der Waals surface area contributed by atoms with Crippen molar-refractivity contribution in [1.29, 1.82) is 0 Å². The summed E-state index contributed by atoms with van der Waals surface area (Å²) < 4.78 is 14.8. The minimum Gasteiger partial charge on any atom is -0.446 e. The van der Waals surface area contributed by atoms with Crippen LogP contribution < -0.4 is 16.4 Å². The van der Waals surface area contributed by atoms with Gasteiger partial charge in [0.05, 0.1) is 19.8 Å². The summed E-state index contributed by atoms with van der Waals surface area (Å²) in [6.45, 7) is 10.2. The first-order valence-electron chi connectivity index (χ1n) is 8.83. The fourth-order valence-electron chi connectivity index (χ4n) is 1.38. The van der Waals surface area contributed by atoms with Gasteiger partial charge in [-0.1, -0.05) is 13.8 Å². The summed E-state index contributed by atoms with van der Waals surface area (Å²) in [7, 11) is 1.55. The highest BCUT2D eigenvalue weighted by molar-refractivity contribution is 5.82. The molecule has 156 valence electrons. The Bertz CT molecular complexity index is 364. The Morgan fingerprint density at radius 3 is 2.35 bits per heavy atom. The molecule has 1 unspecified atom stereocenters. The maximum absolute atomic E-state index is 11.6. The molecule has 0 saturated heterocycles. The SMILES string of the molecule is CCOCCCNC(=O)CNC(=O)OC(C)C(C)(C)CN.COCCO. The predicted octanol–water partition coefficient (Wildman–Crippen LogP) is 0.254. The highest BCUT2D eigenvalue weighted by atomic mass is 16.6. The van der Waals surface area contributed by atoms with Gasteiger partial charge in [-0.2, -0.15) is 0 Å². The van der Waals surface area contributed by atoms with Crippen LogP contribution in [0.4, 0.5) is 4.79 Å². The molecular weight excluding hydrogens is 342 g/mol. The average molecular weight is 379 g/mol. The third-order valence-corrected chi connectivity index (χ3v) is 3.59. The van der Waals surface area contributed by atoms with E-state index >= 15 is 0 Å². The van der Waals surface area contributed by atoms with Crippen LogP contribution in [0.1, 0.15) is 34.1 Å². The summed E-state index contributed by atoms with van der Waals surface area (Å²) >= 11 is 0. The van der Waals surface area contributed by atoms with Crippen LogP contribution in [0.15, 0.2) is 0 Å². The Hall–Kier alpha value is -1.42. The van der Waals surface area contributed by atoms with E-state index in [4.69, 9.17) is 20.3 Å². The van der Waals surface area contributed by atoms with Crippen molar-refractivity contribution < 1.29 is 28.9 Å². The van der Waals surface area contributed by atoms with Crippen LogP contribution in [0.5, 0.6) is 0 Å². The van der Waals surface area contributed by atoms with E-state index in [1.54, 1.807) is 14.0 Å². The van der Waals surface area contributed by atoms with Crippen molar-refractivity contribution in [2.24, 2.45) is 11.1 Å². The Morgan fingerprint density at radius 1 is 1.23 bits per heavy atom. The van der Waals surface area contributed by atoms with Gasteiger partial charge in [-0.15, -0.1) is 0 Å². The summed E-state index contributed by atoms with van der Waals surface area (Å²) in [6, 6.07) is 0. The molecule has 5 N–H and O–H groups in total. The largest absolute Gasteiger partial charge is 0.446 e. The van der Waals surface area contributed by atoms with Crippen molar-refractivity contribution in [2.45, 2.75) is 40.2 Å². The summed E-state index contributed by atoms with van der Waals surface area (Å²) in [5, 5.41) is 13.0. The molecule has 0 rings (SSSR count). The third kappa shape index (κ3) is 16.1. The second-order valence-electron chi connectivity index (χ2n) is 6.21. The standard InChI is InChI=1S/C14H29N3O4.C3H8O2/c1-5-20-8-6-7-16-12(18)9-17-13(19)21-11(2)14(3,4)10-15;1-5-3-2-4/h11H,5-10,15H2,1-4H3,(H,16,18)(H,17,19);4H,2-3H2,1H3. The second kappa shape index (κ2) is 17.0. The summed E-state index contributed by atoms with van der Waals surface area (Å²) in [5.41, 5.74) is 5.30. The van der Waals surface area contributed by atoms with Crippen molar-refractivity contribution in [1.82, 2.24) is 10.6 Å². The number of nitrogens with one attached hydrogen (secondary N) is 2. The summed E-state index contributed by atoms with van der Waals surface area (Å²) in [5.74, 6) is -0.255. The molecule has 0 aromatic carbocycles. The molecule has 0 aliphatic carbocycles. The molecule has 0 saturated carbocycles. The fourth-order valence-corrected chi connectivity index (χ4v) is 1.38. The molecule has 26 heavy (non-hydrogen) atoms. The van der Waals surface area contributed by atoms with Gasteiger partial charge < -0.3 is 35.7 Å². The highest BCUT2D eigenvalue weighted by Gasteiger charge is 2.27. The van der Waals surface area contributed by atoms with Crippen molar-refractivity contribution in [3.05, 3.63) is 0 Å². The van der Waals surface area contributed by atoms with Crippen LogP contribution in [-0.2, 0) is 19.0 Å². The number of aliphatic hydroxyl groups is 1. The number of hydrogen-bond acceptors (Lipinski definition) is 7. The molecule has 0 aliphatic rings. The number of aliphatic hydroxyl groups excluding tert-OH is 1. The van der Waals surface area contributed by atoms with Crippen LogP contribution in [0.25, 0.3) is 0 Å². The molecule has 9 nitrogen and oxygen atoms in total. The molecule has 0 aliphatic heterocycles. The topological polar surface area (TPSA) is 132 Å². The number of amides is 2. The maximum atomic E-state index is 11.6. The van der Waals surface area contributed by atoms with Gasteiger partial charge >= 0.3 is 6.09 Å². The lowest BCUT2D eigenvalue weighted by molar-refractivity contribution is -0.120. The predicted molar refractivity (Wildman–Crippen MR) is 99.9 cm³/mol. The zero-order valence-corrected chi connectivity index (χ0v) is 16.8. The monoisotopic (exact) mass is 379 g/mol. The van der Waals surface area contributed by atoms with Crippen LogP contribution in [-0.4, -0.2) is 76.4 Å². The van der Waals surface area contributed by atoms with Crippen LogP contribution in [0, 0.1) is 5.41 Å². The minimum atomic E-state index is -0.617. The molecular formula is C17H37N3O6. The van der Waals surface area contributed by atoms with Crippen molar-refractivity contribution in [2.75, 3.05) is 53.2 Å². The second-order valence-corrected chi connectivity index (χ2v) is 6.21. The van der Waals surface area contributed by atoms with Gasteiger partial charge in [0.25, 0.3) is 0 Å². The van der Waals surface area contributed by atoms with Crippen LogP contribution in [0.3, 0.4) is 0 Å². The van der Waals surface area contributed by atoms with E-state index in [9.17, 15) is 9.59 Å². The van der Waals surface area contributed by atoms with E-state index in [1.807, 2.05) is 20.8 Å². The molecule has 0 aromatic heterocycles. The first-order valence-corrected chi connectivity index (χ1v) is 8.83. The minimum absolute atomic E-state index is 0.108. The lowest BCUT2D eigenvalue weighted by atomic mass is 9.88. The number of carbonyl (C=O) groups is 2. The number of alkyl carbamates (subject to hydrolysis) is 1. The van der Waals surface area contributed by atoms with Gasteiger partial charge in [0.15, 0.2) is 0 Å². The fraction of sp³-hybridized carbons (Fsp3) is 0.882. The molecule has 0 bridgehead atoms. The first kappa shape index (κ1) is 26.8. The number of ether oxygens (including phenoxy) is 3. The third-order valence-electron chi connectivity index (χ3n) is 3.59. The van der Waals surface area contributed by atoms with Gasteiger partial charge in [0, 0.05) is 38.8 Å². The smallest absolute Gasteiger partial charge is 0.407 e. The number of carbonyl (C=O) groups excluding carboxylic acids is 2. The van der Waals surface area contributed by atoms with Gasteiger partial charge in [-0.05, 0) is 20.3 Å². The number of rotatable bonds is 12.